The number of likely N-dealkylation sites (tertiary alicyclic amines) is 2. The molecule has 2 aliphatic heterocycles. The van der Waals surface area contributed by atoms with Crippen molar-refractivity contribution in [1.29, 1.82) is 0 Å². The number of piperidine rings is 1. The molecule has 2 fully saturated rings. The second kappa shape index (κ2) is 14.1. The van der Waals surface area contributed by atoms with Crippen LogP contribution < -0.4 is 10.6 Å². The molecule has 0 spiro atoms. The molecule has 0 radical (unpaired) electrons. The third-order valence-electron chi connectivity index (χ3n) is 9.01. The number of halogens is 1. The van der Waals surface area contributed by atoms with Gasteiger partial charge in [-0.15, -0.1) is 3.89 Å². The van der Waals surface area contributed by atoms with Crippen molar-refractivity contribution in [2.75, 3.05) is 44.6 Å². The van der Waals surface area contributed by atoms with Crippen molar-refractivity contribution < 1.29 is 8.68 Å². The molecule has 46 heavy (non-hydrogen) atoms. The van der Waals surface area contributed by atoms with Crippen LogP contribution in [0.4, 0.5) is 15.3 Å². The van der Waals surface area contributed by atoms with Gasteiger partial charge in [-0.05, 0) is 107 Å². The van der Waals surface area contributed by atoms with Gasteiger partial charge in [0.25, 0.3) is 5.91 Å². The van der Waals surface area contributed by atoms with Gasteiger partial charge in [0.05, 0.1) is 27.9 Å². The molecule has 0 aliphatic carbocycles. The first-order valence-corrected chi connectivity index (χ1v) is 17.0. The number of nitrogens with zero attached hydrogens (tertiary/aromatic N) is 6. The molecule has 2 aliphatic rings. The Kier molecular flexibility index (Phi) is 9.41. The van der Waals surface area contributed by atoms with Crippen LogP contribution in [-0.4, -0.2) is 73.9 Å². The van der Waals surface area contributed by atoms with Gasteiger partial charge in [-0.25, -0.2) is 13.9 Å². The van der Waals surface area contributed by atoms with Gasteiger partial charge in [-0.3, -0.25) is 14.7 Å². The fraction of sp³-hybridized carbons (Fsp3) is 0.371. The van der Waals surface area contributed by atoms with Crippen LogP contribution in [-0.2, 0) is 6.54 Å². The molecule has 9 nitrogen and oxygen atoms in total. The van der Waals surface area contributed by atoms with E-state index in [4.69, 9.17) is 4.98 Å². The number of rotatable bonds is 11. The minimum Gasteiger partial charge on any atom is -0.355 e. The summed E-state index contributed by atoms with van der Waals surface area (Å²) in [6, 6.07) is 18.0. The number of fused-ring (bicyclic) bond motifs is 2. The number of aromatic nitrogens is 4. The zero-order valence-corrected chi connectivity index (χ0v) is 26.7. The number of anilines is 2. The first kappa shape index (κ1) is 30.6. The van der Waals surface area contributed by atoms with Crippen molar-refractivity contribution in [1.82, 2.24) is 34.0 Å². The Labute approximate surface area is 273 Å². The number of carbonyl (C=O) groups is 1. The lowest BCUT2D eigenvalue weighted by Crippen LogP contribution is -2.33. The summed E-state index contributed by atoms with van der Waals surface area (Å²) in [5.74, 6) is -0.332. The molecule has 0 saturated carbocycles. The van der Waals surface area contributed by atoms with Gasteiger partial charge in [-0.2, -0.15) is 0 Å². The van der Waals surface area contributed by atoms with Crippen LogP contribution in [0.3, 0.4) is 0 Å². The predicted molar refractivity (Wildman–Crippen MR) is 184 cm³/mol. The molecule has 238 valence electrons. The van der Waals surface area contributed by atoms with Gasteiger partial charge in [-0.1, -0.05) is 24.6 Å². The molecule has 5 heterocycles. The molecule has 3 aromatic heterocycles. The van der Waals surface area contributed by atoms with Gasteiger partial charge >= 0.3 is 0 Å². The highest BCUT2D eigenvalue weighted by Gasteiger charge is 2.20. The molecule has 11 heteroatoms. The molecular formula is C35H39FN8OS. The van der Waals surface area contributed by atoms with E-state index in [1.54, 1.807) is 12.3 Å². The largest absolute Gasteiger partial charge is 0.355 e. The maximum Gasteiger partial charge on any atom is 0.288 e. The molecule has 1 amide bonds. The lowest BCUT2D eigenvalue weighted by atomic mass is 10.1. The van der Waals surface area contributed by atoms with Crippen molar-refractivity contribution in [2.45, 2.75) is 45.1 Å². The van der Waals surface area contributed by atoms with Crippen molar-refractivity contribution in [3.8, 4) is 11.3 Å². The summed E-state index contributed by atoms with van der Waals surface area (Å²) in [5.41, 5.74) is 6.59. The maximum absolute atomic E-state index is 14.1. The molecular weight excluding hydrogens is 600 g/mol. The highest BCUT2D eigenvalue weighted by atomic mass is 32.2. The average molecular weight is 639 g/mol. The van der Waals surface area contributed by atoms with E-state index in [1.807, 2.05) is 30.5 Å². The van der Waals surface area contributed by atoms with Crippen molar-refractivity contribution in [2.24, 2.45) is 0 Å². The van der Waals surface area contributed by atoms with Crippen molar-refractivity contribution >= 4 is 51.6 Å². The summed E-state index contributed by atoms with van der Waals surface area (Å²) in [5, 5.41) is 7.42. The van der Waals surface area contributed by atoms with Crippen LogP contribution in [0, 0.1) is 0 Å². The number of hydrogen-bond acceptors (Lipinski definition) is 8. The summed E-state index contributed by atoms with van der Waals surface area (Å²) in [6.07, 6.45) is 10.7. The molecule has 0 bridgehead atoms. The molecule has 0 atom stereocenters. The van der Waals surface area contributed by atoms with E-state index < -0.39 is 0 Å². The molecule has 0 unspecified atom stereocenters. The number of nitrogens with one attached hydrogen (secondary N) is 2. The second-order valence-corrected chi connectivity index (χ2v) is 12.8. The quantitative estimate of drug-likeness (QED) is 0.150. The fourth-order valence-electron chi connectivity index (χ4n) is 6.57. The summed E-state index contributed by atoms with van der Waals surface area (Å²) in [7, 11) is 0. The normalized spacial score (nSPS) is 15.9. The average Bonchev–Trinajstić information content (AvgIpc) is 3.75. The molecule has 2 aromatic carbocycles. The lowest BCUT2D eigenvalue weighted by Gasteiger charge is -2.26. The number of imidazole rings is 1. The Hall–Kier alpha value is -4.06. The van der Waals surface area contributed by atoms with Crippen LogP contribution in [0.2, 0.25) is 0 Å². The Morgan fingerprint density at radius 2 is 1.65 bits per heavy atom. The van der Waals surface area contributed by atoms with Crippen LogP contribution in [0.25, 0.3) is 33.2 Å². The van der Waals surface area contributed by atoms with E-state index in [-0.39, 0.29) is 24.1 Å². The number of hydrogen-bond donors (Lipinski definition) is 2. The fourth-order valence-corrected chi connectivity index (χ4v) is 6.98. The third-order valence-corrected chi connectivity index (χ3v) is 9.52. The lowest BCUT2D eigenvalue weighted by molar-refractivity contribution is 0.0941. The van der Waals surface area contributed by atoms with Crippen LogP contribution >= 0.6 is 12.3 Å². The molecule has 2 N–H and O–H groups in total. The summed E-state index contributed by atoms with van der Waals surface area (Å²) >= 11 is -0.0115. The number of amides is 1. The zero-order chi connectivity index (χ0) is 31.3. The van der Waals surface area contributed by atoms with Gasteiger partial charge in [0, 0.05) is 42.1 Å². The van der Waals surface area contributed by atoms with E-state index >= 15 is 0 Å². The SMILES string of the molecule is O=C(NCCCN1CCCCC1)c1nc2cc(-c3cc(Nc4ccc(CN5CCCC5)cc4)c4cnccc4n3)ccc2n1SF. The highest BCUT2D eigenvalue weighted by Crippen LogP contribution is 2.33. The monoisotopic (exact) mass is 638 g/mol. The predicted octanol–water partition coefficient (Wildman–Crippen LogP) is 6.97. The first-order chi connectivity index (χ1) is 22.6. The van der Waals surface area contributed by atoms with Crippen LogP contribution in [0.15, 0.2) is 67.0 Å². The van der Waals surface area contributed by atoms with E-state index in [0.29, 0.717) is 17.6 Å². The number of benzene rings is 2. The summed E-state index contributed by atoms with van der Waals surface area (Å²) < 4.78 is 15.4. The van der Waals surface area contributed by atoms with Crippen LogP contribution in [0.1, 0.15) is 54.7 Å². The zero-order valence-electron chi connectivity index (χ0n) is 25.9. The minimum absolute atomic E-state index is 0.0115. The van der Waals surface area contributed by atoms with Crippen LogP contribution in [0.5, 0.6) is 0 Å². The topological polar surface area (TPSA) is 91.2 Å². The van der Waals surface area contributed by atoms with E-state index in [2.05, 4.69) is 54.7 Å². The summed E-state index contributed by atoms with van der Waals surface area (Å²) in [6.45, 7) is 7.04. The smallest absolute Gasteiger partial charge is 0.288 e. The standard InChI is InChI=1S/C35H39FN8OS/c36-46-44-33-12-9-26(21-32(33)41-34(44)35(45)38-14-6-20-42-16-2-1-3-17-42)30-22-31(28-23-37-15-13-29(28)40-30)39-27-10-7-25(8-11-27)24-43-18-4-5-19-43/h7-13,15,21-23H,1-6,14,16-20,24H2,(H,38,45)(H,39,40). The summed E-state index contributed by atoms with van der Waals surface area (Å²) in [4.78, 5) is 31.8. The Balaban J connectivity index is 1.10. The minimum atomic E-state index is -0.379. The van der Waals surface area contributed by atoms with E-state index in [0.717, 1.165) is 66.1 Å². The van der Waals surface area contributed by atoms with Crippen molar-refractivity contribution in [3.05, 3.63) is 78.4 Å². The maximum atomic E-state index is 14.1. The number of pyridine rings is 2. The molecule has 5 aromatic rings. The van der Waals surface area contributed by atoms with Gasteiger partial charge in [0.2, 0.25) is 5.82 Å². The second-order valence-electron chi connectivity index (χ2n) is 12.3. The Morgan fingerprint density at radius 1 is 0.870 bits per heavy atom. The van der Waals surface area contributed by atoms with E-state index in [1.165, 1.54) is 54.7 Å². The highest BCUT2D eigenvalue weighted by molar-refractivity contribution is 7.93. The third kappa shape index (κ3) is 6.86. The van der Waals surface area contributed by atoms with Gasteiger partial charge in [0.15, 0.2) is 12.3 Å². The first-order valence-electron chi connectivity index (χ1n) is 16.3. The molecule has 2 saturated heterocycles. The Bertz CT molecular complexity index is 1820. The van der Waals surface area contributed by atoms with Gasteiger partial charge in [0.1, 0.15) is 0 Å². The van der Waals surface area contributed by atoms with E-state index in [9.17, 15) is 8.68 Å². The number of carbonyl (C=O) groups excluding carboxylic acids is 1. The molecule has 7 rings (SSSR count). The Morgan fingerprint density at radius 3 is 2.46 bits per heavy atom. The van der Waals surface area contributed by atoms with Crippen molar-refractivity contribution in [3.63, 3.8) is 0 Å². The van der Waals surface area contributed by atoms with Gasteiger partial charge < -0.3 is 15.5 Å².